The van der Waals surface area contributed by atoms with Gasteiger partial charge in [-0.1, -0.05) is 0 Å². The number of rotatable bonds is 2. The predicted octanol–water partition coefficient (Wildman–Crippen LogP) is 5.11. The maximum absolute atomic E-state index is 12.6. The van der Waals surface area contributed by atoms with Crippen LogP contribution < -0.4 is 0 Å². The average molecular weight is 550 g/mol. The summed E-state index contributed by atoms with van der Waals surface area (Å²) >= 11 is 3.88. The molecule has 3 nitrogen and oxygen atoms in total. The third-order valence-corrected chi connectivity index (χ3v) is 5.02. The average Bonchev–Trinajstić information content (AvgIpc) is 2.45. The summed E-state index contributed by atoms with van der Waals surface area (Å²) in [7, 11) is 0. The Balaban J connectivity index is 2.45. The first kappa shape index (κ1) is 18.6. The number of Topliss-reactive ketones (excluding diaryl/α,β-unsaturated/α-hetero) is 1. The highest BCUT2D eigenvalue weighted by atomic mass is 127. The minimum absolute atomic E-state index is 0.0911. The lowest BCUT2D eigenvalue weighted by Crippen LogP contribution is -2.27. The van der Waals surface area contributed by atoms with E-state index in [-0.39, 0.29) is 12.2 Å². The second-order valence-electron chi connectivity index (χ2n) is 5.01. The van der Waals surface area contributed by atoms with Crippen LogP contribution in [0.4, 0.5) is 13.2 Å². The van der Waals surface area contributed by atoms with E-state index in [2.05, 4.69) is 0 Å². The summed E-state index contributed by atoms with van der Waals surface area (Å²) in [6.07, 6.45) is -2.79. The smallest absolute Gasteiger partial charge is 0.454 e. The molecule has 1 aliphatic rings. The van der Waals surface area contributed by atoms with Crippen LogP contribution in [0.5, 0.6) is 5.75 Å². The van der Waals surface area contributed by atoms with Crippen LogP contribution in [0.1, 0.15) is 24.8 Å². The highest BCUT2D eigenvalue weighted by Crippen LogP contribution is 2.35. The van der Waals surface area contributed by atoms with Crippen LogP contribution in [0.15, 0.2) is 29.0 Å². The number of aliphatic hydroxyl groups is 1. The van der Waals surface area contributed by atoms with Gasteiger partial charge in [-0.3, -0.25) is 4.79 Å². The van der Waals surface area contributed by atoms with Crippen molar-refractivity contribution in [1.29, 1.82) is 0 Å². The summed E-state index contributed by atoms with van der Waals surface area (Å²) in [5.74, 6) is -2.45. The molecule has 1 aromatic carbocycles. The zero-order chi connectivity index (χ0) is 17.4. The maximum Gasteiger partial charge on any atom is 0.454 e. The number of phenolic OH excluding ortho intramolecular Hbond substituents is 1. The number of benzene rings is 1. The SMILES string of the molecule is O=C(C1=C(O)/C(=C/c2cc(I)c(O)c(I)c2)CCC1)C(F)(F)F. The van der Waals surface area contributed by atoms with Crippen LogP contribution in [0, 0.1) is 7.14 Å². The van der Waals surface area contributed by atoms with E-state index in [0.29, 0.717) is 31.1 Å². The van der Waals surface area contributed by atoms with Gasteiger partial charge in [-0.2, -0.15) is 13.2 Å². The highest BCUT2D eigenvalue weighted by molar-refractivity contribution is 14.1. The Morgan fingerprint density at radius 2 is 1.70 bits per heavy atom. The highest BCUT2D eigenvalue weighted by Gasteiger charge is 2.42. The zero-order valence-corrected chi connectivity index (χ0v) is 15.9. The molecular weight excluding hydrogens is 539 g/mol. The van der Waals surface area contributed by atoms with Gasteiger partial charge >= 0.3 is 6.18 Å². The number of aromatic hydroxyl groups is 1. The number of hydrogen-bond acceptors (Lipinski definition) is 3. The van der Waals surface area contributed by atoms with E-state index in [0.717, 1.165) is 0 Å². The normalized spacial score (nSPS) is 17.7. The molecule has 0 heterocycles. The predicted molar refractivity (Wildman–Crippen MR) is 96.1 cm³/mol. The standard InChI is InChI=1S/C15H11F3I2O3/c16-15(17,18)14(23)9-3-1-2-8(12(9)21)4-7-5-10(19)13(22)11(20)6-7/h4-6,21-22H,1-3H2/b8-4+. The molecule has 23 heavy (non-hydrogen) atoms. The summed E-state index contributed by atoms with van der Waals surface area (Å²) in [4.78, 5) is 11.4. The quantitative estimate of drug-likeness (QED) is 0.504. The lowest BCUT2D eigenvalue weighted by atomic mass is 9.89. The van der Waals surface area contributed by atoms with Gasteiger partial charge in [0.25, 0.3) is 5.78 Å². The van der Waals surface area contributed by atoms with Gasteiger partial charge in [0.2, 0.25) is 0 Å². The van der Waals surface area contributed by atoms with E-state index in [4.69, 9.17) is 0 Å². The zero-order valence-electron chi connectivity index (χ0n) is 11.5. The van der Waals surface area contributed by atoms with Crippen LogP contribution in [-0.4, -0.2) is 22.2 Å². The Bertz CT molecular complexity index is 698. The van der Waals surface area contributed by atoms with E-state index < -0.39 is 23.3 Å². The van der Waals surface area contributed by atoms with E-state index in [1.54, 1.807) is 18.2 Å². The van der Waals surface area contributed by atoms with Crippen LogP contribution in [0.25, 0.3) is 6.08 Å². The first-order chi connectivity index (χ1) is 10.6. The molecule has 0 radical (unpaired) electrons. The molecule has 2 N–H and O–H groups in total. The van der Waals surface area contributed by atoms with Crippen molar-refractivity contribution >= 4 is 57.0 Å². The van der Waals surface area contributed by atoms with Gasteiger partial charge in [-0.25, -0.2) is 0 Å². The molecule has 0 aromatic heterocycles. The summed E-state index contributed by atoms with van der Waals surface area (Å²) in [6.45, 7) is 0. The maximum atomic E-state index is 12.6. The molecule has 0 fully saturated rings. The Kier molecular flexibility index (Phi) is 5.64. The van der Waals surface area contributed by atoms with Gasteiger partial charge in [0.1, 0.15) is 11.5 Å². The van der Waals surface area contributed by atoms with Crippen molar-refractivity contribution in [3.8, 4) is 5.75 Å². The van der Waals surface area contributed by atoms with Crippen LogP contribution in [-0.2, 0) is 4.79 Å². The molecule has 0 spiro atoms. The molecule has 0 unspecified atom stereocenters. The number of carbonyl (C=O) groups is 1. The Morgan fingerprint density at radius 3 is 2.22 bits per heavy atom. The summed E-state index contributed by atoms with van der Waals surface area (Å²) in [5.41, 5.74) is 0.346. The lowest BCUT2D eigenvalue weighted by molar-refractivity contribution is -0.167. The molecule has 0 atom stereocenters. The summed E-state index contributed by atoms with van der Waals surface area (Å²) < 4.78 is 38.9. The number of halogens is 5. The summed E-state index contributed by atoms with van der Waals surface area (Å²) in [5, 5.41) is 19.8. The van der Waals surface area contributed by atoms with Crippen molar-refractivity contribution in [3.05, 3.63) is 41.7 Å². The number of ketones is 1. The minimum Gasteiger partial charge on any atom is -0.507 e. The second kappa shape index (κ2) is 6.99. The third-order valence-electron chi connectivity index (χ3n) is 3.37. The molecule has 0 saturated carbocycles. The van der Waals surface area contributed by atoms with Crippen LogP contribution in [0.3, 0.4) is 0 Å². The van der Waals surface area contributed by atoms with Gasteiger partial charge in [0.05, 0.1) is 7.14 Å². The first-order valence-electron chi connectivity index (χ1n) is 6.54. The number of aliphatic hydroxyl groups excluding tert-OH is 1. The third kappa shape index (κ3) is 4.20. The Hall–Kier alpha value is -0.780. The van der Waals surface area contributed by atoms with Crippen LogP contribution in [0.2, 0.25) is 0 Å². The molecule has 0 aliphatic heterocycles. The largest absolute Gasteiger partial charge is 0.507 e. The van der Waals surface area contributed by atoms with E-state index in [1.165, 1.54) is 0 Å². The fraction of sp³-hybridized carbons (Fsp3) is 0.267. The fourth-order valence-electron chi connectivity index (χ4n) is 2.29. The van der Waals surface area contributed by atoms with Crippen molar-refractivity contribution < 1.29 is 28.2 Å². The van der Waals surface area contributed by atoms with E-state index >= 15 is 0 Å². The van der Waals surface area contributed by atoms with Gasteiger partial charge in [-0.05, 0) is 93.8 Å². The van der Waals surface area contributed by atoms with Gasteiger partial charge < -0.3 is 10.2 Å². The van der Waals surface area contributed by atoms with Crippen molar-refractivity contribution in [2.45, 2.75) is 25.4 Å². The molecule has 8 heteroatoms. The first-order valence-corrected chi connectivity index (χ1v) is 8.69. The number of carbonyl (C=O) groups excluding carboxylic acids is 1. The molecule has 0 bridgehead atoms. The molecular formula is C15H11F3I2O3. The van der Waals surface area contributed by atoms with Gasteiger partial charge in [0, 0.05) is 5.57 Å². The molecule has 1 aromatic rings. The lowest BCUT2D eigenvalue weighted by Gasteiger charge is -2.19. The topological polar surface area (TPSA) is 57.5 Å². The Morgan fingerprint density at radius 1 is 1.13 bits per heavy atom. The fourth-order valence-corrected chi connectivity index (χ4v) is 4.10. The van der Waals surface area contributed by atoms with E-state index in [9.17, 15) is 28.2 Å². The number of phenols is 1. The van der Waals surface area contributed by atoms with Crippen LogP contribution >= 0.6 is 45.2 Å². The molecule has 124 valence electrons. The molecule has 1 aliphatic carbocycles. The molecule has 0 amide bonds. The molecule has 0 saturated heterocycles. The van der Waals surface area contributed by atoms with Crippen molar-refractivity contribution in [3.63, 3.8) is 0 Å². The number of allylic oxidation sites excluding steroid dienone is 2. The number of alkyl halides is 3. The molecule has 2 rings (SSSR count). The van der Waals surface area contributed by atoms with Crippen molar-refractivity contribution in [2.75, 3.05) is 0 Å². The van der Waals surface area contributed by atoms with Crippen molar-refractivity contribution in [2.24, 2.45) is 0 Å². The Labute approximate surface area is 157 Å². The van der Waals surface area contributed by atoms with Gasteiger partial charge in [-0.15, -0.1) is 0 Å². The monoisotopic (exact) mass is 550 g/mol. The van der Waals surface area contributed by atoms with Gasteiger partial charge in [0.15, 0.2) is 0 Å². The minimum atomic E-state index is -4.99. The second-order valence-corrected chi connectivity index (χ2v) is 7.33. The number of hydrogen-bond donors (Lipinski definition) is 2. The van der Waals surface area contributed by atoms with Crippen molar-refractivity contribution in [1.82, 2.24) is 0 Å². The summed E-state index contributed by atoms with van der Waals surface area (Å²) in [6, 6.07) is 3.30. The van der Waals surface area contributed by atoms with E-state index in [1.807, 2.05) is 45.2 Å².